The number of hydrogen-bond donors (Lipinski definition) is 2. The molecule has 0 aliphatic heterocycles. The first kappa shape index (κ1) is 25.9. The number of anilines is 2. The molecule has 0 bridgehead atoms. The lowest BCUT2D eigenvalue weighted by Crippen LogP contribution is -2.14. The second-order valence-corrected chi connectivity index (χ2v) is 9.88. The minimum absolute atomic E-state index is 0.0740. The molecule has 1 heterocycles. The highest BCUT2D eigenvalue weighted by Gasteiger charge is 2.22. The van der Waals surface area contributed by atoms with Gasteiger partial charge in [-0.25, -0.2) is 8.42 Å². The van der Waals surface area contributed by atoms with Crippen LogP contribution in [0.2, 0.25) is 0 Å². The Morgan fingerprint density at radius 3 is 2.46 bits per heavy atom. The summed E-state index contributed by atoms with van der Waals surface area (Å²) in [5.41, 5.74) is 7.36. The first-order valence-corrected chi connectivity index (χ1v) is 12.3. The van der Waals surface area contributed by atoms with E-state index >= 15 is 0 Å². The second kappa shape index (κ2) is 10.7. The van der Waals surface area contributed by atoms with Gasteiger partial charge < -0.3 is 9.30 Å². The molecule has 0 spiro atoms. The van der Waals surface area contributed by atoms with Crippen molar-refractivity contribution in [3.63, 3.8) is 0 Å². The smallest absolute Gasteiger partial charge is 0.295 e. The lowest BCUT2D eigenvalue weighted by molar-refractivity contribution is -0.384. The van der Waals surface area contributed by atoms with Crippen LogP contribution in [-0.4, -0.2) is 37.8 Å². The van der Waals surface area contributed by atoms with Crippen LogP contribution in [0, 0.1) is 37.8 Å². The summed E-state index contributed by atoms with van der Waals surface area (Å²) in [7, 11) is -2.39. The van der Waals surface area contributed by atoms with Gasteiger partial charge in [0.15, 0.2) is 0 Å². The van der Waals surface area contributed by atoms with E-state index in [1.807, 2.05) is 32.9 Å². The summed E-state index contributed by atoms with van der Waals surface area (Å²) in [6, 6.07) is 10.9. The SMILES string of the molecule is COCCn1c(C)cc(/C=N/Nc2ccc(S(=O)(=O)Nc3ccc(C)cc3C)cc2[N+](=O)[O-])c1C. The van der Waals surface area contributed by atoms with Crippen LogP contribution in [0.4, 0.5) is 17.1 Å². The van der Waals surface area contributed by atoms with E-state index in [1.165, 1.54) is 12.1 Å². The van der Waals surface area contributed by atoms with Crippen molar-refractivity contribution in [1.29, 1.82) is 0 Å². The predicted octanol–water partition coefficient (Wildman–Crippen LogP) is 4.52. The van der Waals surface area contributed by atoms with Crippen LogP contribution < -0.4 is 10.1 Å². The number of ether oxygens (including phenoxy) is 1. The highest BCUT2D eigenvalue weighted by molar-refractivity contribution is 7.92. The van der Waals surface area contributed by atoms with Crippen molar-refractivity contribution in [3.8, 4) is 0 Å². The van der Waals surface area contributed by atoms with Gasteiger partial charge in [-0.15, -0.1) is 0 Å². The molecule has 0 saturated heterocycles. The maximum atomic E-state index is 12.9. The third kappa shape index (κ3) is 6.06. The topological polar surface area (TPSA) is 128 Å². The first-order valence-electron chi connectivity index (χ1n) is 10.9. The molecule has 0 saturated carbocycles. The number of aryl methyl sites for hydroxylation is 3. The summed E-state index contributed by atoms with van der Waals surface area (Å²) >= 11 is 0. The Labute approximate surface area is 204 Å². The quantitative estimate of drug-likeness (QED) is 0.240. The average molecular weight is 500 g/mol. The summed E-state index contributed by atoms with van der Waals surface area (Å²) in [5.74, 6) is 0. The Morgan fingerprint density at radius 2 is 1.80 bits per heavy atom. The van der Waals surface area contributed by atoms with Crippen LogP contribution in [0.5, 0.6) is 0 Å². The molecule has 3 rings (SSSR count). The Kier molecular flexibility index (Phi) is 7.92. The second-order valence-electron chi connectivity index (χ2n) is 8.20. The minimum atomic E-state index is -4.03. The average Bonchev–Trinajstić information content (AvgIpc) is 3.06. The zero-order valence-corrected chi connectivity index (χ0v) is 21.1. The summed E-state index contributed by atoms with van der Waals surface area (Å²) in [4.78, 5) is 10.8. The molecule has 0 unspecified atom stereocenters. The van der Waals surface area contributed by atoms with E-state index in [1.54, 1.807) is 32.4 Å². The Bertz CT molecular complexity index is 1380. The molecular formula is C24H29N5O5S. The molecule has 35 heavy (non-hydrogen) atoms. The molecular weight excluding hydrogens is 470 g/mol. The molecule has 11 heteroatoms. The number of nitrogens with one attached hydrogen (secondary N) is 2. The molecule has 1 aromatic heterocycles. The van der Waals surface area contributed by atoms with Crippen molar-refractivity contribution >= 4 is 33.3 Å². The van der Waals surface area contributed by atoms with Crippen LogP contribution in [0.3, 0.4) is 0 Å². The highest BCUT2D eigenvalue weighted by Crippen LogP contribution is 2.29. The molecule has 10 nitrogen and oxygen atoms in total. The van der Waals surface area contributed by atoms with E-state index in [9.17, 15) is 18.5 Å². The van der Waals surface area contributed by atoms with E-state index in [0.29, 0.717) is 18.8 Å². The van der Waals surface area contributed by atoms with Crippen LogP contribution in [0.15, 0.2) is 52.5 Å². The van der Waals surface area contributed by atoms with Crippen LogP contribution >= 0.6 is 0 Å². The van der Waals surface area contributed by atoms with Gasteiger partial charge in [-0.1, -0.05) is 17.7 Å². The number of nitrogens with zero attached hydrogens (tertiary/aromatic N) is 3. The number of benzene rings is 2. The van der Waals surface area contributed by atoms with E-state index in [0.717, 1.165) is 34.1 Å². The molecule has 3 aromatic rings. The number of hydrogen-bond acceptors (Lipinski definition) is 7. The van der Waals surface area contributed by atoms with E-state index in [2.05, 4.69) is 19.8 Å². The zero-order chi connectivity index (χ0) is 25.8. The van der Waals surface area contributed by atoms with E-state index in [4.69, 9.17) is 4.74 Å². The summed E-state index contributed by atoms with van der Waals surface area (Å²) in [5, 5.41) is 15.8. The summed E-state index contributed by atoms with van der Waals surface area (Å²) in [6.45, 7) is 8.89. The predicted molar refractivity (Wildman–Crippen MR) is 137 cm³/mol. The molecule has 2 N–H and O–H groups in total. The molecule has 0 aliphatic carbocycles. The van der Waals surface area contributed by atoms with E-state index in [-0.39, 0.29) is 10.6 Å². The van der Waals surface area contributed by atoms with Crippen molar-refractivity contribution in [2.24, 2.45) is 5.10 Å². The number of rotatable bonds is 10. The molecule has 0 aliphatic rings. The molecule has 0 atom stereocenters. The maximum Gasteiger partial charge on any atom is 0.295 e. The lowest BCUT2D eigenvalue weighted by Gasteiger charge is -2.12. The lowest BCUT2D eigenvalue weighted by atomic mass is 10.1. The number of aromatic nitrogens is 1. The van der Waals surface area contributed by atoms with Crippen molar-refractivity contribution in [2.75, 3.05) is 23.9 Å². The molecule has 0 radical (unpaired) electrons. The normalized spacial score (nSPS) is 11.7. The van der Waals surface area contributed by atoms with Crippen LogP contribution in [0.25, 0.3) is 0 Å². The van der Waals surface area contributed by atoms with Gasteiger partial charge in [0.05, 0.1) is 28.3 Å². The monoisotopic (exact) mass is 499 g/mol. The van der Waals surface area contributed by atoms with E-state index < -0.39 is 20.6 Å². The highest BCUT2D eigenvalue weighted by atomic mass is 32.2. The van der Waals surface area contributed by atoms with Crippen molar-refractivity contribution in [1.82, 2.24) is 4.57 Å². The molecule has 186 valence electrons. The first-order chi connectivity index (χ1) is 16.5. The van der Waals surface area contributed by atoms with Gasteiger partial charge in [-0.2, -0.15) is 5.10 Å². The molecule has 2 aromatic carbocycles. The number of nitro groups is 1. The Hall–Kier alpha value is -3.70. The van der Waals surface area contributed by atoms with Gasteiger partial charge >= 0.3 is 0 Å². The molecule has 0 amide bonds. The Balaban J connectivity index is 1.83. The summed E-state index contributed by atoms with van der Waals surface area (Å²) in [6.07, 6.45) is 1.57. The fourth-order valence-corrected chi connectivity index (χ4v) is 4.86. The largest absolute Gasteiger partial charge is 0.383 e. The fourth-order valence-electron chi connectivity index (χ4n) is 3.71. The van der Waals surface area contributed by atoms with Gasteiger partial charge in [-0.05, 0) is 57.5 Å². The number of methoxy groups -OCH3 is 1. The maximum absolute atomic E-state index is 12.9. The van der Waals surface area contributed by atoms with Gasteiger partial charge in [0, 0.05) is 36.7 Å². The molecule has 0 fully saturated rings. The number of sulfonamides is 1. The van der Waals surface area contributed by atoms with Gasteiger partial charge in [-0.3, -0.25) is 20.3 Å². The van der Waals surface area contributed by atoms with Gasteiger partial charge in [0.1, 0.15) is 5.69 Å². The summed E-state index contributed by atoms with van der Waals surface area (Å²) < 4.78 is 35.5. The van der Waals surface area contributed by atoms with Crippen molar-refractivity contribution in [3.05, 3.63) is 80.7 Å². The van der Waals surface area contributed by atoms with Gasteiger partial charge in [0.25, 0.3) is 15.7 Å². The number of hydrazone groups is 1. The van der Waals surface area contributed by atoms with Crippen LogP contribution in [0.1, 0.15) is 28.1 Å². The fraction of sp³-hybridized carbons (Fsp3) is 0.292. The number of nitro benzene ring substituents is 1. The minimum Gasteiger partial charge on any atom is -0.383 e. The third-order valence-corrected chi connectivity index (χ3v) is 6.99. The standard InChI is InChI=1S/C24H29N5O5S/c1-16-6-8-22(17(2)12-16)27-35(32,33)21-7-9-23(24(14-21)29(30)31)26-25-15-20-13-18(3)28(19(20)4)10-11-34-5/h6-9,12-15,26-27H,10-11H2,1-5H3/b25-15+. The van der Waals surface area contributed by atoms with Crippen molar-refractivity contribution in [2.45, 2.75) is 39.1 Å². The van der Waals surface area contributed by atoms with Gasteiger partial charge in [0.2, 0.25) is 0 Å². The van der Waals surface area contributed by atoms with Crippen LogP contribution in [-0.2, 0) is 21.3 Å². The Morgan fingerprint density at radius 1 is 1.09 bits per heavy atom. The zero-order valence-electron chi connectivity index (χ0n) is 20.3. The third-order valence-electron chi connectivity index (χ3n) is 5.62. The van der Waals surface area contributed by atoms with Crippen molar-refractivity contribution < 1.29 is 18.1 Å².